The van der Waals surface area contributed by atoms with E-state index in [1.54, 1.807) is 18.3 Å². The number of nitrogens with one attached hydrogen (secondary N) is 1. The Morgan fingerprint density at radius 2 is 2.00 bits per heavy atom. The Kier molecular flexibility index (Phi) is 3.08. The molecule has 0 bridgehead atoms. The van der Waals surface area contributed by atoms with Crippen LogP contribution in [0.25, 0.3) is 10.9 Å². The summed E-state index contributed by atoms with van der Waals surface area (Å²) in [5.41, 5.74) is 1.01. The van der Waals surface area contributed by atoms with Crippen molar-refractivity contribution in [2.24, 2.45) is 0 Å². The van der Waals surface area contributed by atoms with Gasteiger partial charge in [0.2, 0.25) is 0 Å². The standard InChI is InChI=1S/C15H16FN5/c1-15(2,3)21-8-10(7-19-21)20-14-11-5-4-6-12(16)13(11)17-9-18-14/h4-9H,1-3H3,(H,17,18,20). The Morgan fingerprint density at radius 1 is 1.19 bits per heavy atom. The second-order valence-electron chi connectivity index (χ2n) is 5.83. The zero-order valence-corrected chi connectivity index (χ0v) is 12.1. The smallest absolute Gasteiger partial charge is 0.149 e. The summed E-state index contributed by atoms with van der Waals surface area (Å²) in [5.74, 6) is 0.205. The molecule has 0 unspecified atom stereocenters. The van der Waals surface area contributed by atoms with Crippen LogP contribution in [0, 0.1) is 5.82 Å². The third-order valence-electron chi connectivity index (χ3n) is 3.15. The highest BCUT2D eigenvalue weighted by atomic mass is 19.1. The van der Waals surface area contributed by atoms with Crippen molar-refractivity contribution < 1.29 is 4.39 Å². The van der Waals surface area contributed by atoms with Crippen LogP contribution in [-0.4, -0.2) is 19.7 Å². The summed E-state index contributed by atoms with van der Waals surface area (Å²) in [4.78, 5) is 8.17. The Balaban J connectivity index is 1.99. The molecular formula is C15H16FN5. The average molecular weight is 285 g/mol. The first kappa shape index (κ1) is 13.5. The van der Waals surface area contributed by atoms with Crippen molar-refractivity contribution in [1.82, 2.24) is 19.7 Å². The van der Waals surface area contributed by atoms with Crippen molar-refractivity contribution in [2.75, 3.05) is 5.32 Å². The molecule has 5 nitrogen and oxygen atoms in total. The normalized spacial score (nSPS) is 11.8. The number of benzene rings is 1. The van der Waals surface area contributed by atoms with Crippen LogP contribution in [0.2, 0.25) is 0 Å². The zero-order chi connectivity index (χ0) is 15.0. The van der Waals surface area contributed by atoms with Gasteiger partial charge in [0, 0.05) is 11.6 Å². The maximum atomic E-state index is 13.7. The summed E-state index contributed by atoms with van der Waals surface area (Å²) in [5, 5.41) is 8.12. The van der Waals surface area contributed by atoms with Gasteiger partial charge in [-0.15, -0.1) is 0 Å². The number of fused-ring (bicyclic) bond motifs is 1. The van der Waals surface area contributed by atoms with Gasteiger partial charge in [-0.1, -0.05) is 6.07 Å². The minimum atomic E-state index is -0.358. The zero-order valence-electron chi connectivity index (χ0n) is 12.1. The molecule has 1 N–H and O–H groups in total. The quantitative estimate of drug-likeness (QED) is 0.783. The van der Waals surface area contributed by atoms with Crippen LogP contribution in [0.3, 0.4) is 0 Å². The number of halogens is 1. The minimum Gasteiger partial charge on any atom is -0.337 e. The van der Waals surface area contributed by atoms with Crippen molar-refractivity contribution in [2.45, 2.75) is 26.3 Å². The number of rotatable bonds is 2. The molecule has 21 heavy (non-hydrogen) atoms. The largest absolute Gasteiger partial charge is 0.337 e. The lowest BCUT2D eigenvalue weighted by Gasteiger charge is -2.18. The highest BCUT2D eigenvalue weighted by Gasteiger charge is 2.14. The lowest BCUT2D eigenvalue weighted by Crippen LogP contribution is -2.21. The first-order valence-electron chi connectivity index (χ1n) is 6.66. The number of nitrogens with zero attached hydrogens (tertiary/aromatic N) is 4. The van der Waals surface area contributed by atoms with Crippen LogP contribution in [0.5, 0.6) is 0 Å². The van der Waals surface area contributed by atoms with E-state index in [1.807, 2.05) is 10.9 Å². The molecule has 0 amide bonds. The van der Waals surface area contributed by atoms with Crippen LogP contribution in [0.4, 0.5) is 15.9 Å². The van der Waals surface area contributed by atoms with Crippen molar-refractivity contribution in [3.63, 3.8) is 0 Å². The van der Waals surface area contributed by atoms with E-state index < -0.39 is 0 Å². The lowest BCUT2D eigenvalue weighted by molar-refractivity contribution is 0.355. The fourth-order valence-electron chi connectivity index (χ4n) is 2.04. The van der Waals surface area contributed by atoms with Gasteiger partial charge < -0.3 is 5.32 Å². The molecule has 0 aliphatic rings. The van der Waals surface area contributed by atoms with Gasteiger partial charge in [0.1, 0.15) is 23.5 Å². The van der Waals surface area contributed by atoms with E-state index in [0.717, 1.165) is 5.69 Å². The highest BCUT2D eigenvalue weighted by molar-refractivity contribution is 5.90. The van der Waals surface area contributed by atoms with Crippen LogP contribution in [0.15, 0.2) is 36.9 Å². The molecule has 0 saturated carbocycles. The number of aromatic nitrogens is 4. The molecule has 3 aromatic rings. The van der Waals surface area contributed by atoms with Gasteiger partial charge in [0.15, 0.2) is 0 Å². The summed E-state index contributed by atoms with van der Waals surface area (Å²) >= 11 is 0. The SMILES string of the molecule is CC(C)(C)n1cc(Nc2ncnc3c(F)cccc23)cn1. The van der Waals surface area contributed by atoms with Gasteiger partial charge in [-0.3, -0.25) is 4.68 Å². The minimum absolute atomic E-state index is 0.0974. The van der Waals surface area contributed by atoms with Gasteiger partial charge in [-0.05, 0) is 32.9 Å². The third-order valence-corrected chi connectivity index (χ3v) is 3.15. The highest BCUT2D eigenvalue weighted by Crippen LogP contribution is 2.25. The molecule has 108 valence electrons. The molecule has 3 rings (SSSR count). The van der Waals surface area contributed by atoms with E-state index >= 15 is 0 Å². The van der Waals surface area contributed by atoms with E-state index in [4.69, 9.17) is 0 Å². The van der Waals surface area contributed by atoms with E-state index in [9.17, 15) is 4.39 Å². The number of hydrogen-bond acceptors (Lipinski definition) is 4. The molecule has 1 aromatic carbocycles. The molecule has 2 aromatic heterocycles. The molecule has 2 heterocycles. The fourth-order valence-corrected chi connectivity index (χ4v) is 2.04. The molecule has 0 spiro atoms. The van der Waals surface area contributed by atoms with Crippen LogP contribution in [-0.2, 0) is 5.54 Å². The van der Waals surface area contributed by atoms with Gasteiger partial charge in [0.05, 0.1) is 17.4 Å². The van der Waals surface area contributed by atoms with Gasteiger partial charge in [-0.25, -0.2) is 14.4 Å². The molecule has 0 radical (unpaired) electrons. The summed E-state index contributed by atoms with van der Waals surface area (Å²) in [6.07, 6.45) is 4.97. The summed E-state index contributed by atoms with van der Waals surface area (Å²) in [7, 11) is 0. The van der Waals surface area contributed by atoms with Crippen molar-refractivity contribution in [1.29, 1.82) is 0 Å². The van der Waals surface area contributed by atoms with Gasteiger partial charge >= 0.3 is 0 Å². The first-order chi connectivity index (χ1) is 9.95. The second kappa shape index (κ2) is 4.80. The molecular weight excluding hydrogens is 269 g/mol. The second-order valence-corrected chi connectivity index (χ2v) is 5.83. The lowest BCUT2D eigenvalue weighted by atomic mass is 10.1. The molecule has 0 atom stereocenters. The Hall–Kier alpha value is -2.50. The number of para-hydroxylation sites is 1. The number of hydrogen-bond donors (Lipinski definition) is 1. The van der Waals surface area contributed by atoms with Crippen LogP contribution in [0.1, 0.15) is 20.8 Å². The summed E-state index contributed by atoms with van der Waals surface area (Å²) < 4.78 is 15.6. The van der Waals surface area contributed by atoms with Crippen molar-refractivity contribution in [3.05, 3.63) is 42.7 Å². The molecule has 0 fully saturated rings. The molecule has 6 heteroatoms. The predicted molar refractivity (Wildman–Crippen MR) is 80.0 cm³/mol. The Morgan fingerprint density at radius 3 is 2.71 bits per heavy atom. The van der Waals surface area contributed by atoms with Crippen LogP contribution < -0.4 is 5.32 Å². The predicted octanol–water partition coefficient (Wildman–Crippen LogP) is 3.46. The average Bonchev–Trinajstić information content (AvgIpc) is 2.89. The Bertz CT molecular complexity index is 788. The number of anilines is 2. The van der Waals surface area contributed by atoms with E-state index in [0.29, 0.717) is 16.7 Å². The van der Waals surface area contributed by atoms with Crippen LogP contribution >= 0.6 is 0 Å². The molecule has 0 saturated heterocycles. The monoisotopic (exact) mass is 285 g/mol. The van der Waals surface area contributed by atoms with Gasteiger partial charge in [0.25, 0.3) is 0 Å². The van der Waals surface area contributed by atoms with E-state index in [2.05, 4.69) is 41.2 Å². The maximum absolute atomic E-state index is 13.7. The molecule has 0 aliphatic heterocycles. The summed E-state index contributed by atoms with van der Waals surface area (Å²) in [6, 6.07) is 4.82. The van der Waals surface area contributed by atoms with Crippen molar-refractivity contribution >= 4 is 22.4 Å². The fraction of sp³-hybridized carbons (Fsp3) is 0.267. The van der Waals surface area contributed by atoms with Gasteiger partial charge in [-0.2, -0.15) is 5.10 Å². The van der Waals surface area contributed by atoms with Crippen molar-refractivity contribution in [3.8, 4) is 0 Å². The topological polar surface area (TPSA) is 55.6 Å². The van der Waals surface area contributed by atoms with E-state index in [-0.39, 0.29) is 11.4 Å². The van der Waals surface area contributed by atoms with E-state index in [1.165, 1.54) is 12.4 Å². The molecule has 0 aliphatic carbocycles. The third kappa shape index (κ3) is 2.56. The maximum Gasteiger partial charge on any atom is 0.149 e. The summed E-state index contributed by atoms with van der Waals surface area (Å²) in [6.45, 7) is 6.21. The Labute approximate surface area is 121 Å². The first-order valence-corrected chi connectivity index (χ1v) is 6.66.